The van der Waals surface area contributed by atoms with E-state index in [2.05, 4.69) is 34.9 Å². The van der Waals surface area contributed by atoms with Gasteiger partial charge in [0.15, 0.2) is 0 Å². The number of fused-ring (bicyclic) bond motifs is 3. The molecule has 4 aliphatic rings. The minimum atomic E-state index is -0.222. The third kappa shape index (κ3) is 2.68. The van der Waals surface area contributed by atoms with Crippen molar-refractivity contribution >= 4 is 11.8 Å². The van der Waals surface area contributed by atoms with Gasteiger partial charge in [0.05, 0.1) is 11.8 Å². The number of carbonyl (C=O) groups excluding carboxylic acids is 2. The Hall–Kier alpha value is -2.10. The molecule has 2 N–H and O–H groups in total. The molecule has 0 aliphatic heterocycles. The molecule has 5 atom stereocenters. The molecule has 130 valence electrons. The van der Waals surface area contributed by atoms with Gasteiger partial charge >= 0.3 is 0 Å². The Morgan fingerprint density at radius 3 is 2.32 bits per heavy atom. The highest BCUT2D eigenvalue weighted by molar-refractivity contribution is 5.89. The SMILES string of the molecule is O=C(N[C@@H]1[C@@H]2Cc3ccccc3[C@@H]21)[C@H]1CC=CC[C@H]1C(=O)NC1CC1. The first-order valence-corrected chi connectivity index (χ1v) is 9.56. The van der Waals surface area contributed by atoms with Crippen LogP contribution in [0.5, 0.6) is 0 Å². The molecule has 5 rings (SSSR count). The van der Waals surface area contributed by atoms with Crippen LogP contribution in [-0.4, -0.2) is 23.9 Å². The van der Waals surface area contributed by atoms with Crippen LogP contribution in [-0.2, 0) is 16.0 Å². The Kier molecular flexibility index (Phi) is 3.47. The van der Waals surface area contributed by atoms with Crippen molar-refractivity contribution in [1.29, 1.82) is 0 Å². The van der Waals surface area contributed by atoms with Gasteiger partial charge in [-0.3, -0.25) is 9.59 Å². The van der Waals surface area contributed by atoms with Crippen molar-refractivity contribution < 1.29 is 9.59 Å². The molecule has 0 radical (unpaired) electrons. The molecule has 25 heavy (non-hydrogen) atoms. The second-order valence-corrected chi connectivity index (χ2v) is 8.07. The van der Waals surface area contributed by atoms with Crippen molar-refractivity contribution in [2.75, 3.05) is 0 Å². The number of nitrogens with one attached hydrogen (secondary N) is 2. The van der Waals surface area contributed by atoms with Gasteiger partial charge in [0.25, 0.3) is 0 Å². The monoisotopic (exact) mass is 336 g/mol. The van der Waals surface area contributed by atoms with Gasteiger partial charge in [-0.2, -0.15) is 0 Å². The predicted octanol–water partition coefficient (Wildman–Crippen LogP) is 2.30. The molecule has 2 amide bonds. The summed E-state index contributed by atoms with van der Waals surface area (Å²) in [6.07, 6.45) is 8.68. The van der Waals surface area contributed by atoms with Crippen LogP contribution in [0.3, 0.4) is 0 Å². The lowest BCUT2D eigenvalue weighted by Crippen LogP contribution is -2.44. The van der Waals surface area contributed by atoms with E-state index >= 15 is 0 Å². The van der Waals surface area contributed by atoms with Crippen molar-refractivity contribution in [3.05, 3.63) is 47.5 Å². The van der Waals surface area contributed by atoms with Gasteiger partial charge in [0.1, 0.15) is 0 Å². The Morgan fingerprint density at radius 1 is 0.920 bits per heavy atom. The molecule has 4 aliphatic carbocycles. The number of allylic oxidation sites excluding steroid dienone is 2. The minimum Gasteiger partial charge on any atom is -0.353 e. The lowest BCUT2D eigenvalue weighted by atomic mass is 9.81. The molecular weight excluding hydrogens is 312 g/mol. The molecule has 4 nitrogen and oxygen atoms in total. The first kappa shape index (κ1) is 15.2. The van der Waals surface area contributed by atoms with Crippen LogP contribution >= 0.6 is 0 Å². The van der Waals surface area contributed by atoms with E-state index in [0.29, 0.717) is 30.7 Å². The summed E-state index contributed by atoms with van der Waals surface area (Å²) in [5, 5.41) is 6.34. The third-order valence-corrected chi connectivity index (χ3v) is 6.38. The summed E-state index contributed by atoms with van der Waals surface area (Å²) < 4.78 is 0. The minimum absolute atomic E-state index is 0.0633. The van der Waals surface area contributed by atoms with Crippen molar-refractivity contribution in [3.63, 3.8) is 0 Å². The van der Waals surface area contributed by atoms with Gasteiger partial charge in [0.2, 0.25) is 11.8 Å². The average molecular weight is 336 g/mol. The third-order valence-electron chi connectivity index (χ3n) is 6.38. The van der Waals surface area contributed by atoms with Gasteiger partial charge in [-0.25, -0.2) is 0 Å². The lowest BCUT2D eigenvalue weighted by molar-refractivity contribution is -0.135. The summed E-state index contributed by atoms with van der Waals surface area (Å²) in [7, 11) is 0. The van der Waals surface area contributed by atoms with Crippen LogP contribution in [0.1, 0.15) is 42.7 Å². The molecule has 0 bridgehead atoms. The van der Waals surface area contributed by atoms with E-state index in [1.165, 1.54) is 11.1 Å². The molecule has 1 aromatic carbocycles. The van der Waals surface area contributed by atoms with Crippen molar-refractivity contribution in [1.82, 2.24) is 10.6 Å². The number of amides is 2. The molecule has 0 heterocycles. The highest BCUT2D eigenvalue weighted by atomic mass is 16.2. The van der Waals surface area contributed by atoms with Crippen LogP contribution in [0.4, 0.5) is 0 Å². The highest BCUT2D eigenvalue weighted by Crippen LogP contribution is 2.56. The van der Waals surface area contributed by atoms with E-state index in [-0.39, 0.29) is 29.7 Å². The Balaban J connectivity index is 1.25. The topological polar surface area (TPSA) is 58.2 Å². The number of hydrogen-bond donors (Lipinski definition) is 2. The summed E-state index contributed by atoms with van der Waals surface area (Å²) in [4.78, 5) is 25.4. The Bertz CT molecular complexity index is 752. The maximum Gasteiger partial charge on any atom is 0.224 e. The van der Waals surface area contributed by atoms with Crippen LogP contribution < -0.4 is 10.6 Å². The number of carbonyl (C=O) groups is 2. The summed E-state index contributed by atoms with van der Waals surface area (Å²) in [6, 6.07) is 9.19. The smallest absolute Gasteiger partial charge is 0.224 e. The van der Waals surface area contributed by atoms with Gasteiger partial charge in [-0.1, -0.05) is 36.4 Å². The van der Waals surface area contributed by atoms with E-state index in [1.54, 1.807) is 0 Å². The second-order valence-electron chi connectivity index (χ2n) is 8.07. The molecule has 1 aromatic rings. The quantitative estimate of drug-likeness (QED) is 0.829. The molecule has 2 fully saturated rings. The Morgan fingerprint density at radius 2 is 1.60 bits per heavy atom. The molecular formula is C21H24N2O2. The fraction of sp³-hybridized carbons (Fsp3) is 0.524. The average Bonchev–Trinajstić information content (AvgIpc) is 3.53. The van der Waals surface area contributed by atoms with Crippen molar-refractivity contribution in [2.24, 2.45) is 17.8 Å². The van der Waals surface area contributed by atoms with Crippen LogP contribution in [0.2, 0.25) is 0 Å². The van der Waals surface area contributed by atoms with E-state index < -0.39 is 0 Å². The summed E-state index contributed by atoms with van der Waals surface area (Å²) >= 11 is 0. The van der Waals surface area contributed by atoms with Crippen LogP contribution in [0.15, 0.2) is 36.4 Å². The zero-order chi connectivity index (χ0) is 17.0. The van der Waals surface area contributed by atoms with E-state index in [1.807, 2.05) is 12.2 Å². The summed E-state index contributed by atoms with van der Waals surface area (Å²) in [6.45, 7) is 0. The summed E-state index contributed by atoms with van der Waals surface area (Å²) in [5.74, 6) is 0.736. The number of hydrogen-bond acceptors (Lipinski definition) is 2. The van der Waals surface area contributed by atoms with Crippen molar-refractivity contribution in [2.45, 2.75) is 50.1 Å². The zero-order valence-corrected chi connectivity index (χ0v) is 14.3. The second kappa shape index (κ2) is 5.72. The van der Waals surface area contributed by atoms with E-state index in [0.717, 1.165) is 19.3 Å². The normalized spacial score (nSPS) is 34.8. The fourth-order valence-corrected chi connectivity index (χ4v) is 4.75. The number of rotatable bonds is 4. The van der Waals surface area contributed by atoms with Gasteiger partial charge in [-0.05, 0) is 49.1 Å². The van der Waals surface area contributed by atoms with Crippen LogP contribution in [0.25, 0.3) is 0 Å². The Labute approximate surface area is 148 Å². The molecule has 0 saturated heterocycles. The standard InChI is InChI=1S/C21H24N2O2/c24-20(22-13-9-10-13)15-7-3-4-8-16(15)21(25)23-19-17-11-12-5-1-2-6-14(12)18(17)19/h1-6,13,15-19H,7-11H2,(H,22,24)(H,23,25)/t15-,16+,17-,18+,19-/m1/s1. The maximum atomic E-state index is 12.9. The lowest BCUT2D eigenvalue weighted by Gasteiger charge is -2.27. The maximum absolute atomic E-state index is 12.9. The largest absolute Gasteiger partial charge is 0.353 e. The molecule has 4 heteroatoms. The molecule has 0 aromatic heterocycles. The van der Waals surface area contributed by atoms with Crippen molar-refractivity contribution in [3.8, 4) is 0 Å². The summed E-state index contributed by atoms with van der Waals surface area (Å²) in [5.41, 5.74) is 2.84. The first-order valence-electron chi connectivity index (χ1n) is 9.56. The molecule has 2 saturated carbocycles. The van der Waals surface area contributed by atoms with Crippen LogP contribution in [0, 0.1) is 17.8 Å². The number of benzene rings is 1. The van der Waals surface area contributed by atoms with E-state index in [4.69, 9.17) is 0 Å². The van der Waals surface area contributed by atoms with E-state index in [9.17, 15) is 9.59 Å². The fourth-order valence-electron chi connectivity index (χ4n) is 4.75. The molecule has 0 spiro atoms. The van der Waals surface area contributed by atoms with Gasteiger partial charge in [0, 0.05) is 18.0 Å². The zero-order valence-electron chi connectivity index (χ0n) is 14.3. The van der Waals surface area contributed by atoms with Gasteiger partial charge < -0.3 is 10.6 Å². The molecule has 0 unspecified atom stereocenters. The first-order chi connectivity index (χ1) is 12.2. The predicted molar refractivity (Wildman–Crippen MR) is 94.8 cm³/mol. The highest BCUT2D eigenvalue weighted by Gasteiger charge is 2.56. The van der Waals surface area contributed by atoms with Gasteiger partial charge in [-0.15, -0.1) is 0 Å².